The molecule has 0 fully saturated rings. The van der Waals surface area contributed by atoms with Crippen LogP contribution in [0, 0.1) is 0 Å². The van der Waals surface area contributed by atoms with Gasteiger partial charge in [-0.05, 0) is 41.5 Å². The smallest absolute Gasteiger partial charge is 0.416 e. The number of carbonyl (C=O) groups excluding carboxylic acids is 1. The van der Waals surface area contributed by atoms with Crippen molar-refractivity contribution in [1.29, 1.82) is 0 Å². The molecule has 1 heterocycles. The molecule has 0 N–H and O–H groups in total. The molecule has 1 aliphatic rings. The maximum atomic E-state index is 13.1. The fourth-order valence-corrected chi connectivity index (χ4v) is 3.19. The van der Waals surface area contributed by atoms with Crippen LogP contribution in [0.1, 0.15) is 33.2 Å². The molecule has 0 amide bonds. The van der Waals surface area contributed by atoms with Crippen LogP contribution in [0.25, 0.3) is 6.08 Å². The van der Waals surface area contributed by atoms with Crippen LogP contribution in [-0.4, -0.2) is 5.78 Å². The first-order valence-corrected chi connectivity index (χ1v) is 8.67. The number of fused-ring (bicyclic) bond motifs is 1. The minimum absolute atomic E-state index is 0.199. The second kappa shape index (κ2) is 7.00. The van der Waals surface area contributed by atoms with E-state index in [1.807, 2.05) is 30.3 Å². The number of ketones is 1. The van der Waals surface area contributed by atoms with Crippen LogP contribution in [-0.2, 0) is 6.18 Å². The lowest BCUT2D eigenvalue weighted by atomic mass is 9.89. The zero-order chi connectivity index (χ0) is 19.7. The predicted octanol–water partition coefficient (Wildman–Crippen LogP) is 6.11. The van der Waals surface area contributed by atoms with Crippen molar-refractivity contribution in [2.75, 3.05) is 0 Å². The number of rotatable bonds is 2. The summed E-state index contributed by atoms with van der Waals surface area (Å²) in [4.78, 5) is 13.1. The zero-order valence-electron chi connectivity index (χ0n) is 14.6. The van der Waals surface area contributed by atoms with Gasteiger partial charge in [0.25, 0.3) is 0 Å². The van der Waals surface area contributed by atoms with Crippen LogP contribution in [0.4, 0.5) is 13.2 Å². The number of benzene rings is 3. The van der Waals surface area contributed by atoms with Crippen LogP contribution < -0.4 is 4.74 Å². The Bertz CT molecular complexity index is 1040. The van der Waals surface area contributed by atoms with Crippen molar-refractivity contribution in [2.24, 2.45) is 0 Å². The van der Waals surface area contributed by atoms with E-state index in [1.54, 1.807) is 30.3 Å². The van der Waals surface area contributed by atoms with Crippen molar-refractivity contribution in [1.82, 2.24) is 0 Å². The molecule has 0 bridgehead atoms. The third-order valence-corrected chi connectivity index (χ3v) is 4.58. The van der Waals surface area contributed by atoms with Crippen molar-refractivity contribution in [2.45, 2.75) is 12.3 Å². The predicted molar refractivity (Wildman–Crippen MR) is 100 cm³/mol. The van der Waals surface area contributed by atoms with Crippen molar-refractivity contribution in [3.63, 3.8) is 0 Å². The van der Waals surface area contributed by atoms with Crippen molar-refractivity contribution < 1.29 is 22.7 Å². The standard InChI is InChI=1S/C23H15F3O2/c24-23(25,26)17-12-10-15(11-13-17)14-19-21(27)18-8-4-5-9-20(18)28-22(19)16-6-2-1-3-7-16/h1-14,22H/b19-14+. The Morgan fingerprint density at radius 2 is 1.46 bits per heavy atom. The van der Waals surface area contributed by atoms with Gasteiger partial charge in [0.2, 0.25) is 0 Å². The van der Waals surface area contributed by atoms with Gasteiger partial charge in [-0.1, -0.05) is 54.6 Å². The molecule has 1 unspecified atom stereocenters. The lowest BCUT2D eigenvalue weighted by molar-refractivity contribution is -0.137. The summed E-state index contributed by atoms with van der Waals surface area (Å²) in [7, 11) is 0. The Labute approximate surface area is 159 Å². The van der Waals surface area contributed by atoms with Crippen LogP contribution in [0.5, 0.6) is 5.75 Å². The van der Waals surface area contributed by atoms with Gasteiger partial charge >= 0.3 is 6.18 Å². The van der Waals surface area contributed by atoms with Crippen LogP contribution in [0.3, 0.4) is 0 Å². The summed E-state index contributed by atoms with van der Waals surface area (Å²) in [5.74, 6) is 0.293. The molecule has 0 aromatic heterocycles. The summed E-state index contributed by atoms with van der Waals surface area (Å²) >= 11 is 0. The second-order valence-electron chi connectivity index (χ2n) is 6.45. The third-order valence-electron chi connectivity index (χ3n) is 4.58. The van der Waals surface area contributed by atoms with Gasteiger partial charge in [0.15, 0.2) is 11.9 Å². The van der Waals surface area contributed by atoms with Crippen LogP contribution in [0.2, 0.25) is 0 Å². The number of carbonyl (C=O) groups is 1. The van der Waals surface area contributed by atoms with E-state index >= 15 is 0 Å². The maximum Gasteiger partial charge on any atom is 0.416 e. The van der Waals surface area contributed by atoms with Crippen molar-refractivity contribution in [3.05, 3.63) is 107 Å². The number of para-hydroxylation sites is 1. The number of hydrogen-bond donors (Lipinski definition) is 0. The average molecular weight is 380 g/mol. The van der Waals surface area contributed by atoms with E-state index < -0.39 is 17.8 Å². The van der Waals surface area contributed by atoms with Gasteiger partial charge in [-0.3, -0.25) is 4.79 Å². The molecule has 5 heteroatoms. The minimum Gasteiger partial charge on any atom is -0.480 e. The lowest BCUT2D eigenvalue weighted by Crippen LogP contribution is -2.23. The first kappa shape index (κ1) is 18.0. The first-order valence-electron chi connectivity index (χ1n) is 8.67. The van der Waals surface area contributed by atoms with Gasteiger partial charge in [-0.25, -0.2) is 0 Å². The monoisotopic (exact) mass is 380 g/mol. The summed E-state index contributed by atoms with van der Waals surface area (Å²) in [5.41, 5.74) is 1.38. The maximum absolute atomic E-state index is 13.1. The molecule has 0 aliphatic carbocycles. The Kier molecular flexibility index (Phi) is 4.51. The molecule has 1 aliphatic heterocycles. The first-order chi connectivity index (χ1) is 13.4. The molecule has 0 saturated heterocycles. The molecule has 0 radical (unpaired) electrons. The molecule has 1 atom stereocenters. The Hall–Kier alpha value is -3.34. The lowest BCUT2D eigenvalue weighted by Gasteiger charge is -2.28. The molecule has 28 heavy (non-hydrogen) atoms. The minimum atomic E-state index is -4.40. The SMILES string of the molecule is O=C1/C(=C\c2ccc(C(F)(F)F)cc2)C(c2ccccc2)Oc2ccccc21. The summed E-state index contributed by atoms with van der Waals surface area (Å²) in [6, 6.07) is 20.9. The highest BCUT2D eigenvalue weighted by atomic mass is 19.4. The molecule has 0 spiro atoms. The number of alkyl halides is 3. The quantitative estimate of drug-likeness (QED) is 0.502. The van der Waals surface area contributed by atoms with Gasteiger partial charge < -0.3 is 4.74 Å². The molecule has 2 nitrogen and oxygen atoms in total. The summed E-state index contributed by atoms with van der Waals surface area (Å²) in [6.07, 6.45) is -3.44. The number of Topliss-reactive ketones (excluding diaryl/α,β-unsaturated/α-hetero) is 1. The van der Waals surface area contributed by atoms with E-state index in [2.05, 4.69) is 0 Å². The van der Waals surface area contributed by atoms with Gasteiger partial charge in [-0.15, -0.1) is 0 Å². The number of ether oxygens (including phenoxy) is 1. The molecule has 3 aromatic carbocycles. The Balaban J connectivity index is 1.79. The molecule has 0 saturated carbocycles. The highest BCUT2D eigenvalue weighted by Gasteiger charge is 2.33. The molecule has 140 valence electrons. The van der Waals surface area contributed by atoms with E-state index in [0.717, 1.165) is 17.7 Å². The zero-order valence-corrected chi connectivity index (χ0v) is 14.6. The highest BCUT2D eigenvalue weighted by Crippen LogP contribution is 2.39. The fourth-order valence-electron chi connectivity index (χ4n) is 3.19. The van der Waals surface area contributed by atoms with Crippen molar-refractivity contribution >= 4 is 11.9 Å². The third kappa shape index (κ3) is 3.43. The van der Waals surface area contributed by atoms with Gasteiger partial charge in [0.1, 0.15) is 5.75 Å². The van der Waals surface area contributed by atoms with Crippen LogP contribution >= 0.6 is 0 Å². The highest BCUT2D eigenvalue weighted by molar-refractivity contribution is 6.14. The van der Waals surface area contributed by atoms with E-state index in [-0.39, 0.29) is 5.78 Å². The van der Waals surface area contributed by atoms with Gasteiger partial charge in [-0.2, -0.15) is 13.2 Å². The van der Waals surface area contributed by atoms with Gasteiger partial charge in [0.05, 0.1) is 11.1 Å². The van der Waals surface area contributed by atoms with E-state index in [9.17, 15) is 18.0 Å². The molecular formula is C23H15F3O2. The Morgan fingerprint density at radius 1 is 0.821 bits per heavy atom. The number of halogens is 3. The van der Waals surface area contributed by atoms with E-state index in [4.69, 9.17) is 4.74 Å². The van der Waals surface area contributed by atoms with E-state index in [1.165, 1.54) is 12.1 Å². The van der Waals surface area contributed by atoms with Crippen LogP contribution in [0.15, 0.2) is 84.4 Å². The largest absolute Gasteiger partial charge is 0.480 e. The van der Waals surface area contributed by atoms with Gasteiger partial charge in [0, 0.05) is 5.57 Å². The summed E-state index contributed by atoms with van der Waals surface area (Å²) in [6.45, 7) is 0. The second-order valence-corrected chi connectivity index (χ2v) is 6.45. The van der Waals surface area contributed by atoms with E-state index in [0.29, 0.717) is 22.4 Å². The molecular weight excluding hydrogens is 365 g/mol. The molecule has 4 rings (SSSR count). The topological polar surface area (TPSA) is 26.3 Å². The average Bonchev–Trinajstić information content (AvgIpc) is 2.70. The van der Waals surface area contributed by atoms with Crippen molar-refractivity contribution in [3.8, 4) is 5.75 Å². The normalized spacial score (nSPS) is 17.9. The fraction of sp³-hybridized carbons (Fsp3) is 0.0870. The Morgan fingerprint density at radius 3 is 2.14 bits per heavy atom. The summed E-state index contributed by atoms with van der Waals surface area (Å²) < 4.78 is 44.5. The number of hydrogen-bond acceptors (Lipinski definition) is 2. The summed E-state index contributed by atoms with van der Waals surface area (Å²) in [5, 5.41) is 0. The molecule has 3 aromatic rings.